The molecule has 0 spiro atoms. The van der Waals surface area contributed by atoms with Gasteiger partial charge in [0.2, 0.25) is 0 Å². The highest BCUT2D eigenvalue weighted by Crippen LogP contribution is 1.36. The highest BCUT2D eigenvalue weighted by Gasteiger charge is 1.68. The van der Waals surface area contributed by atoms with Crippen LogP contribution in [0.5, 0.6) is 0 Å². The largest absolute Gasteiger partial charge is 0.655 e. The van der Waals surface area contributed by atoms with Crippen molar-refractivity contribution in [2.45, 2.75) is 0 Å². The van der Waals surface area contributed by atoms with E-state index in [0.29, 0.717) is 0 Å². The molecule has 0 aromatic rings. The lowest BCUT2D eigenvalue weighted by Crippen LogP contribution is -1.83. The van der Waals surface area contributed by atoms with Gasteiger partial charge in [-0.25, -0.2) is 0 Å². The molecule has 0 rings (SSSR count). The first kappa shape index (κ1) is 3.46. The summed E-state index contributed by atoms with van der Waals surface area (Å²) >= 11 is 0. The van der Waals surface area contributed by atoms with Crippen LogP contribution in [0.15, 0.2) is 0 Å². The van der Waals surface area contributed by atoms with E-state index < -0.39 is 4.83 Å². The van der Waals surface area contributed by atoms with Crippen LogP contribution in [0.3, 0.4) is 0 Å². The first-order valence-electron chi connectivity index (χ1n) is 0.623. The van der Waals surface area contributed by atoms with Crippen LogP contribution >= 0.6 is 0 Å². The van der Waals surface area contributed by atoms with Crippen molar-refractivity contribution in [2.24, 2.45) is 0 Å². The molecule has 0 aromatic carbocycles. The van der Waals surface area contributed by atoms with Crippen molar-refractivity contribution >= 4 is 7.98 Å². The Hall–Kier alpha value is -0.535. The third-order valence-corrected chi connectivity index (χ3v) is 0. The van der Waals surface area contributed by atoms with Crippen LogP contribution in [0.4, 0.5) is 0 Å². The smallest absolute Gasteiger partial charge is 0.295 e. The summed E-state index contributed by atoms with van der Waals surface area (Å²) in [7, 11) is 3.83. The van der Waals surface area contributed by atoms with E-state index in [1.807, 2.05) is 0 Å². The molecule has 0 saturated heterocycles. The van der Waals surface area contributed by atoms with E-state index in [-0.39, 0.29) is 0 Å². The summed E-state index contributed by atoms with van der Waals surface area (Å²) in [5.41, 5.74) is 0. The quantitative estimate of drug-likeness (QED) is 0.210. The van der Waals surface area contributed by atoms with Crippen molar-refractivity contribution in [3.05, 3.63) is 10.1 Å². The molecule has 0 unspecified atom stereocenters. The van der Waals surface area contributed by atoms with Crippen LogP contribution in [-0.4, -0.2) is 12.8 Å². The Morgan fingerprint density at radius 1 is 2.00 bits per heavy atom. The van der Waals surface area contributed by atoms with Crippen molar-refractivity contribution < 1.29 is 4.83 Å². The highest BCUT2D eigenvalue weighted by atomic mass is 16.6. The van der Waals surface area contributed by atoms with E-state index in [4.69, 9.17) is 10.1 Å². The van der Waals surface area contributed by atoms with E-state index in [1.54, 1.807) is 0 Å². The van der Waals surface area contributed by atoms with Crippen LogP contribution in [0.1, 0.15) is 0 Å². The molecule has 4 heteroatoms. The summed E-state index contributed by atoms with van der Waals surface area (Å²) in [5.74, 6) is 0. The average molecular weight is 56.8 g/mol. The monoisotopic (exact) mass is 57.0 g/mol. The zero-order chi connectivity index (χ0) is 3.58. The van der Waals surface area contributed by atoms with E-state index in [0.717, 1.165) is 0 Å². The number of nitrogens with zero attached hydrogens (tertiary/aromatic N) is 1. The average Bonchev–Trinajstić information content (AvgIpc) is 0.811. The minimum atomic E-state index is -1.00. The minimum Gasteiger partial charge on any atom is -0.295 e. The lowest BCUT2D eigenvalue weighted by molar-refractivity contribution is -0.312. The number of nitro groups is 1. The summed E-state index contributed by atoms with van der Waals surface area (Å²) in [6, 6.07) is 0. The SMILES string of the molecule is [B][N+](=O)[O-]. The van der Waals surface area contributed by atoms with Gasteiger partial charge in [0.25, 0.3) is 0 Å². The molecular weight excluding hydrogens is 56.8 g/mol. The van der Waals surface area contributed by atoms with Crippen molar-refractivity contribution in [3.8, 4) is 0 Å². The second kappa shape index (κ2) is 0.871. The maximum absolute atomic E-state index is 8.58. The van der Waals surface area contributed by atoms with Gasteiger partial charge in [-0.1, -0.05) is 4.83 Å². The summed E-state index contributed by atoms with van der Waals surface area (Å²) in [6.07, 6.45) is 0. The van der Waals surface area contributed by atoms with Gasteiger partial charge in [-0.3, -0.25) is 10.1 Å². The number of hydrogen-bond acceptors (Lipinski definition) is 2. The fourth-order valence-corrected chi connectivity index (χ4v) is 0. The summed E-state index contributed by atoms with van der Waals surface area (Å²) < 4.78 is 0. The van der Waals surface area contributed by atoms with Gasteiger partial charge in [0, 0.05) is 0 Å². The molecule has 2 radical (unpaired) electrons. The Kier molecular flexibility index (Phi) is 0.754. The molecule has 0 aliphatic heterocycles. The molecule has 0 aromatic heterocycles. The van der Waals surface area contributed by atoms with Crippen LogP contribution in [0.25, 0.3) is 0 Å². The van der Waals surface area contributed by atoms with Crippen molar-refractivity contribution in [2.75, 3.05) is 0 Å². The molecule has 0 N–H and O–H groups in total. The molecule has 0 heterocycles. The van der Waals surface area contributed by atoms with E-state index in [9.17, 15) is 0 Å². The third kappa shape index (κ3) is 1.11. The van der Waals surface area contributed by atoms with Crippen molar-refractivity contribution in [1.29, 1.82) is 0 Å². The Morgan fingerprint density at radius 3 is 2.00 bits per heavy atom. The Labute approximate surface area is 24.2 Å². The van der Waals surface area contributed by atoms with Crippen LogP contribution in [0.2, 0.25) is 0 Å². The molecule has 0 fully saturated rings. The van der Waals surface area contributed by atoms with Crippen LogP contribution in [0, 0.1) is 10.1 Å². The van der Waals surface area contributed by atoms with Gasteiger partial charge in [0.1, 0.15) is 0 Å². The predicted molar refractivity (Wildman–Crippen MR) is 12.7 cm³/mol. The van der Waals surface area contributed by atoms with E-state index >= 15 is 0 Å². The first-order valence-corrected chi connectivity index (χ1v) is 0.623. The maximum atomic E-state index is 8.58. The molecule has 3 nitrogen and oxygen atoms in total. The fourth-order valence-electron chi connectivity index (χ4n) is 0. The van der Waals surface area contributed by atoms with Gasteiger partial charge in [-0.05, 0) is 0 Å². The summed E-state index contributed by atoms with van der Waals surface area (Å²) in [6.45, 7) is 0. The van der Waals surface area contributed by atoms with Crippen LogP contribution in [-0.2, 0) is 0 Å². The maximum Gasteiger partial charge on any atom is 0.655 e. The molecule has 0 saturated carbocycles. The van der Waals surface area contributed by atoms with Crippen molar-refractivity contribution in [1.82, 2.24) is 0 Å². The van der Waals surface area contributed by atoms with Crippen LogP contribution < -0.4 is 0 Å². The molecule has 0 aliphatic rings. The molecule has 0 aliphatic carbocycles. The van der Waals surface area contributed by atoms with Gasteiger partial charge < -0.3 is 0 Å². The summed E-state index contributed by atoms with van der Waals surface area (Å²) in [5, 5.41) is 8.58. The molecule has 0 atom stereocenters. The van der Waals surface area contributed by atoms with E-state index in [1.165, 1.54) is 0 Å². The second-order valence-electron chi connectivity index (χ2n) is 0.285. The van der Waals surface area contributed by atoms with Gasteiger partial charge in [-0.15, -0.1) is 0 Å². The molecule has 0 bridgehead atoms. The normalized spacial score (nSPS) is 6.00. The number of hydrogen-bond donors (Lipinski definition) is 0. The first-order chi connectivity index (χ1) is 1.73. The Balaban J connectivity index is 2.80. The lowest BCUT2D eigenvalue weighted by atomic mass is 10.5. The molecule has 0 amide bonds. The van der Waals surface area contributed by atoms with Gasteiger partial charge >= 0.3 is 7.98 Å². The van der Waals surface area contributed by atoms with Gasteiger partial charge in [0.15, 0.2) is 0 Å². The Morgan fingerprint density at radius 2 is 2.00 bits per heavy atom. The van der Waals surface area contributed by atoms with E-state index in [2.05, 4.69) is 7.98 Å². The van der Waals surface area contributed by atoms with Gasteiger partial charge in [0.05, 0.1) is 0 Å². The zero-order valence-corrected chi connectivity index (χ0v) is 1.84. The zero-order valence-electron chi connectivity index (χ0n) is 1.84. The Bertz CT molecular complexity index is 29.0. The third-order valence-electron chi connectivity index (χ3n) is 0. The number of rotatable bonds is 0. The molecule has 20 valence electrons. The standard InChI is InChI=1S/BNO2/c1-2(3)4. The fraction of sp³-hybridized carbons (Fsp3) is 0. The highest BCUT2D eigenvalue weighted by molar-refractivity contribution is 5.95. The minimum absolute atomic E-state index is 1.00. The topological polar surface area (TPSA) is 43.1 Å². The lowest BCUT2D eigenvalue weighted by Gasteiger charge is -1.63. The summed E-state index contributed by atoms with van der Waals surface area (Å²) in [4.78, 5) is 7.58. The van der Waals surface area contributed by atoms with Crippen molar-refractivity contribution in [3.63, 3.8) is 0 Å². The molecular formula is BNO2. The second-order valence-corrected chi connectivity index (χ2v) is 0.285. The molecule has 4 heavy (non-hydrogen) atoms. The predicted octanol–water partition coefficient (Wildman–Crippen LogP) is -0.653. The van der Waals surface area contributed by atoms with Gasteiger partial charge in [-0.2, -0.15) is 0 Å².